The van der Waals surface area contributed by atoms with E-state index in [0.29, 0.717) is 11.3 Å². The van der Waals surface area contributed by atoms with Gasteiger partial charge in [-0.25, -0.2) is 0 Å². The van der Waals surface area contributed by atoms with Crippen LogP contribution in [-0.4, -0.2) is 17.9 Å². The fraction of sp³-hybridized carbons (Fsp3) is 0.133. The van der Waals surface area contributed by atoms with Crippen LogP contribution >= 0.6 is 0 Å². The first-order valence-electron chi connectivity index (χ1n) is 5.69. The second-order valence-electron chi connectivity index (χ2n) is 4.01. The summed E-state index contributed by atoms with van der Waals surface area (Å²) in [5, 5.41) is 14.0. The minimum absolute atomic E-state index is 0.195. The number of benzene rings is 2. The summed E-state index contributed by atoms with van der Waals surface area (Å²) in [4.78, 5) is 4.88. The van der Waals surface area contributed by atoms with E-state index in [0.717, 1.165) is 11.1 Å². The van der Waals surface area contributed by atoms with Crippen LogP contribution in [0.25, 0.3) is 0 Å². The van der Waals surface area contributed by atoms with E-state index in [1.54, 1.807) is 6.07 Å². The summed E-state index contributed by atoms with van der Waals surface area (Å²) >= 11 is 0. The van der Waals surface area contributed by atoms with E-state index in [1.165, 1.54) is 7.11 Å². The lowest BCUT2D eigenvalue weighted by molar-refractivity contribution is 0.214. The van der Waals surface area contributed by atoms with E-state index in [2.05, 4.69) is 5.16 Å². The van der Waals surface area contributed by atoms with Crippen LogP contribution in [-0.2, 0) is 4.84 Å². The first-order valence-corrected chi connectivity index (χ1v) is 5.69. The molecular weight excluding hydrogens is 226 g/mol. The summed E-state index contributed by atoms with van der Waals surface area (Å²) in [7, 11) is 1.50. The molecule has 0 fully saturated rings. The molecule has 0 aliphatic rings. The van der Waals surface area contributed by atoms with Crippen LogP contribution in [0.3, 0.4) is 0 Å². The van der Waals surface area contributed by atoms with Crippen LogP contribution in [0.15, 0.2) is 53.7 Å². The van der Waals surface area contributed by atoms with Crippen molar-refractivity contribution in [2.24, 2.45) is 5.16 Å². The molecule has 0 spiro atoms. The average Bonchev–Trinajstić information content (AvgIpc) is 2.40. The second-order valence-corrected chi connectivity index (χ2v) is 4.01. The van der Waals surface area contributed by atoms with Crippen molar-refractivity contribution >= 4 is 5.71 Å². The van der Waals surface area contributed by atoms with Gasteiger partial charge < -0.3 is 9.94 Å². The van der Waals surface area contributed by atoms with Crippen molar-refractivity contribution in [1.29, 1.82) is 0 Å². The van der Waals surface area contributed by atoms with Gasteiger partial charge in [-0.3, -0.25) is 0 Å². The third-order valence-corrected chi connectivity index (χ3v) is 2.64. The SMILES string of the molecule is CO/N=C(\c1ccccc1)c1cc(C)ccc1O. The lowest BCUT2D eigenvalue weighted by atomic mass is 10.00. The third kappa shape index (κ3) is 2.51. The van der Waals surface area contributed by atoms with E-state index >= 15 is 0 Å². The smallest absolute Gasteiger partial charge is 0.125 e. The van der Waals surface area contributed by atoms with Gasteiger partial charge in [-0.15, -0.1) is 0 Å². The van der Waals surface area contributed by atoms with Crippen LogP contribution in [0.5, 0.6) is 5.75 Å². The van der Waals surface area contributed by atoms with Gasteiger partial charge in [0.25, 0.3) is 0 Å². The summed E-state index contributed by atoms with van der Waals surface area (Å²) in [5.41, 5.74) is 3.25. The van der Waals surface area contributed by atoms with Crippen LogP contribution in [0.1, 0.15) is 16.7 Å². The maximum atomic E-state index is 9.96. The molecule has 0 amide bonds. The number of phenolic OH excluding ortho intramolecular Hbond substituents is 1. The lowest BCUT2D eigenvalue weighted by Gasteiger charge is -2.09. The van der Waals surface area contributed by atoms with Crippen LogP contribution in [0.4, 0.5) is 0 Å². The van der Waals surface area contributed by atoms with Gasteiger partial charge in [-0.2, -0.15) is 0 Å². The summed E-state index contributed by atoms with van der Waals surface area (Å²) in [6.07, 6.45) is 0. The Morgan fingerprint density at radius 2 is 1.83 bits per heavy atom. The molecule has 92 valence electrons. The Hall–Kier alpha value is -2.29. The van der Waals surface area contributed by atoms with Gasteiger partial charge in [0.2, 0.25) is 0 Å². The summed E-state index contributed by atoms with van der Waals surface area (Å²) in [6, 6.07) is 15.1. The molecule has 0 heterocycles. The fourth-order valence-corrected chi connectivity index (χ4v) is 1.78. The maximum absolute atomic E-state index is 9.96. The van der Waals surface area contributed by atoms with E-state index in [-0.39, 0.29) is 5.75 Å². The van der Waals surface area contributed by atoms with E-state index < -0.39 is 0 Å². The Morgan fingerprint density at radius 3 is 2.50 bits per heavy atom. The molecule has 0 aromatic heterocycles. The Morgan fingerprint density at radius 1 is 1.11 bits per heavy atom. The van der Waals surface area contributed by atoms with E-state index in [4.69, 9.17) is 4.84 Å². The van der Waals surface area contributed by atoms with Crippen LogP contribution in [0.2, 0.25) is 0 Å². The topological polar surface area (TPSA) is 41.8 Å². The van der Waals surface area contributed by atoms with E-state index in [9.17, 15) is 5.11 Å². The van der Waals surface area contributed by atoms with Gasteiger partial charge in [0.15, 0.2) is 0 Å². The van der Waals surface area contributed by atoms with Crippen LogP contribution in [0, 0.1) is 6.92 Å². The predicted octanol–water partition coefficient (Wildman–Crippen LogP) is 3.10. The molecule has 2 rings (SSSR count). The first kappa shape index (κ1) is 12.2. The van der Waals surface area contributed by atoms with Gasteiger partial charge in [-0.05, 0) is 19.1 Å². The highest BCUT2D eigenvalue weighted by Crippen LogP contribution is 2.22. The van der Waals surface area contributed by atoms with Crippen molar-refractivity contribution in [2.45, 2.75) is 6.92 Å². The molecule has 0 aliphatic heterocycles. The average molecular weight is 241 g/mol. The zero-order chi connectivity index (χ0) is 13.0. The molecular formula is C15H15NO2. The fourth-order valence-electron chi connectivity index (χ4n) is 1.78. The Balaban J connectivity index is 2.56. The Labute approximate surface area is 106 Å². The molecule has 0 radical (unpaired) electrons. The van der Waals surface area contributed by atoms with Gasteiger partial charge in [0, 0.05) is 11.1 Å². The molecule has 0 bridgehead atoms. The highest BCUT2D eigenvalue weighted by Gasteiger charge is 2.12. The highest BCUT2D eigenvalue weighted by atomic mass is 16.6. The number of oxime groups is 1. The maximum Gasteiger partial charge on any atom is 0.125 e. The summed E-state index contributed by atoms with van der Waals surface area (Å²) in [5.74, 6) is 0.195. The number of aryl methyl sites for hydroxylation is 1. The summed E-state index contributed by atoms with van der Waals surface area (Å²) < 4.78 is 0. The molecule has 2 aromatic carbocycles. The number of nitrogens with zero attached hydrogens (tertiary/aromatic N) is 1. The van der Waals surface area contributed by atoms with Gasteiger partial charge >= 0.3 is 0 Å². The van der Waals surface area contributed by atoms with Crippen molar-refractivity contribution in [3.63, 3.8) is 0 Å². The van der Waals surface area contributed by atoms with Crippen molar-refractivity contribution < 1.29 is 9.94 Å². The first-order chi connectivity index (χ1) is 8.72. The minimum atomic E-state index is 0.195. The van der Waals surface area contributed by atoms with E-state index in [1.807, 2.05) is 49.4 Å². The number of hydrogen-bond donors (Lipinski definition) is 1. The van der Waals surface area contributed by atoms with Crippen LogP contribution < -0.4 is 0 Å². The molecule has 2 aromatic rings. The van der Waals surface area contributed by atoms with Crippen molar-refractivity contribution in [1.82, 2.24) is 0 Å². The monoisotopic (exact) mass is 241 g/mol. The molecule has 0 atom stereocenters. The molecule has 0 unspecified atom stereocenters. The molecule has 0 saturated carbocycles. The molecule has 0 aliphatic carbocycles. The molecule has 3 nitrogen and oxygen atoms in total. The molecule has 3 heteroatoms. The molecule has 0 saturated heterocycles. The van der Waals surface area contributed by atoms with Crippen molar-refractivity contribution in [3.8, 4) is 5.75 Å². The van der Waals surface area contributed by atoms with Gasteiger partial charge in [0.05, 0.1) is 0 Å². The number of hydrogen-bond acceptors (Lipinski definition) is 3. The normalized spacial score (nSPS) is 11.3. The Kier molecular flexibility index (Phi) is 3.63. The number of rotatable bonds is 3. The molecule has 18 heavy (non-hydrogen) atoms. The minimum Gasteiger partial charge on any atom is -0.507 e. The summed E-state index contributed by atoms with van der Waals surface area (Å²) in [6.45, 7) is 1.97. The quantitative estimate of drug-likeness (QED) is 0.662. The number of phenols is 1. The van der Waals surface area contributed by atoms with Gasteiger partial charge in [-0.1, -0.05) is 47.1 Å². The molecule has 1 N–H and O–H groups in total. The standard InChI is InChI=1S/C15H15NO2/c1-11-8-9-14(17)13(10-11)15(16-18-2)12-6-4-3-5-7-12/h3-10,17H,1-2H3/b16-15+. The number of aromatic hydroxyl groups is 1. The largest absolute Gasteiger partial charge is 0.507 e. The van der Waals surface area contributed by atoms with Crippen molar-refractivity contribution in [3.05, 3.63) is 65.2 Å². The van der Waals surface area contributed by atoms with Crippen molar-refractivity contribution in [2.75, 3.05) is 7.11 Å². The lowest BCUT2D eigenvalue weighted by Crippen LogP contribution is -2.04. The zero-order valence-electron chi connectivity index (χ0n) is 10.4. The van der Waals surface area contributed by atoms with Gasteiger partial charge in [0.1, 0.15) is 18.6 Å². The predicted molar refractivity (Wildman–Crippen MR) is 71.9 cm³/mol. The highest BCUT2D eigenvalue weighted by molar-refractivity contribution is 6.14. The Bertz CT molecular complexity index is 562. The third-order valence-electron chi connectivity index (χ3n) is 2.64. The second kappa shape index (κ2) is 5.36. The zero-order valence-corrected chi connectivity index (χ0v) is 10.4.